The van der Waals surface area contributed by atoms with Gasteiger partial charge in [-0.05, 0) is 6.42 Å². The number of carboxylic acid groups (broad SMARTS) is 1. The van der Waals surface area contributed by atoms with Gasteiger partial charge in [-0.3, -0.25) is 9.59 Å². The summed E-state index contributed by atoms with van der Waals surface area (Å²) in [6.45, 7) is 0.772. The zero-order chi connectivity index (χ0) is 13.2. The molecule has 2 saturated heterocycles. The molecule has 7 heteroatoms. The minimum absolute atomic E-state index is 0.0258. The zero-order valence-electron chi connectivity index (χ0n) is 9.98. The van der Waals surface area contributed by atoms with Gasteiger partial charge in [0.1, 0.15) is 0 Å². The monoisotopic (exact) mass is 256 g/mol. The summed E-state index contributed by atoms with van der Waals surface area (Å²) in [6.07, 6.45) is 1.46. The number of rotatable bonds is 4. The number of carbonyl (C=O) groups excluding carboxylic acids is 2. The number of hydrogen-bond acceptors (Lipinski definition) is 4. The topological polar surface area (TPSA) is 95.9 Å². The number of aliphatic carboxylic acids is 1. The maximum atomic E-state index is 11.8. The third-order valence-corrected chi connectivity index (χ3v) is 3.32. The highest BCUT2D eigenvalue weighted by molar-refractivity contribution is 5.90. The summed E-state index contributed by atoms with van der Waals surface area (Å²) in [6, 6.07) is 0. The van der Waals surface area contributed by atoms with Crippen LogP contribution >= 0.6 is 0 Å². The SMILES string of the molecule is O=C(CN1CCCC1=O)NC1(C(=O)O)CCOC1. The van der Waals surface area contributed by atoms with Crippen LogP contribution in [0.25, 0.3) is 0 Å². The second kappa shape index (κ2) is 4.93. The van der Waals surface area contributed by atoms with E-state index in [0.29, 0.717) is 19.6 Å². The molecule has 0 aliphatic carbocycles. The maximum Gasteiger partial charge on any atom is 0.331 e. The quantitative estimate of drug-likeness (QED) is 0.670. The van der Waals surface area contributed by atoms with E-state index in [4.69, 9.17) is 9.84 Å². The number of carbonyl (C=O) groups is 3. The number of hydrogen-bond donors (Lipinski definition) is 2. The molecule has 0 aromatic heterocycles. The second-order valence-corrected chi connectivity index (χ2v) is 4.66. The Kier molecular flexibility index (Phi) is 3.51. The van der Waals surface area contributed by atoms with Crippen molar-refractivity contribution in [1.82, 2.24) is 10.2 Å². The Balaban J connectivity index is 1.93. The van der Waals surface area contributed by atoms with Gasteiger partial charge in [-0.2, -0.15) is 0 Å². The molecule has 2 aliphatic heterocycles. The third-order valence-electron chi connectivity index (χ3n) is 3.32. The smallest absolute Gasteiger partial charge is 0.331 e. The summed E-state index contributed by atoms with van der Waals surface area (Å²) in [7, 11) is 0. The normalized spacial score (nSPS) is 27.6. The molecule has 7 nitrogen and oxygen atoms in total. The van der Waals surface area contributed by atoms with Gasteiger partial charge in [0, 0.05) is 26.0 Å². The second-order valence-electron chi connectivity index (χ2n) is 4.66. The number of nitrogens with one attached hydrogen (secondary N) is 1. The Bertz CT molecular complexity index is 376. The van der Waals surface area contributed by atoms with E-state index in [2.05, 4.69) is 5.32 Å². The third kappa shape index (κ3) is 2.45. The van der Waals surface area contributed by atoms with Gasteiger partial charge in [-0.1, -0.05) is 0 Å². The van der Waals surface area contributed by atoms with E-state index in [0.717, 1.165) is 6.42 Å². The Labute approximate surface area is 104 Å². The number of amides is 2. The highest BCUT2D eigenvalue weighted by Gasteiger charge is 2.44. The van der Waals surface area contributed by atoms with Crippen LogP contribution in [0.4, 0.5) is 0 Å². The predicted octanol–water partition coefficient (Wildman–Crippen LogP) is -1.03. The molecule has 18 heavy (non-hydrogen) atoms. The van der Waals surface area contributed by atoms with Gasteiger partial charge in [-0.15, -0.1) is 0 Å². The van der Waals surface area contributed by atoms with Crippen LogP contribution < -0.4 is 5.32 Å². The first kappa shape index (κ1) is 12.8. The first-order valence-corrected chi connectivity index (χ1v) is 5.93. The lowest BCUT2D eigenvalue weighted by atomic mass is 9.99. The van der Waals surface area contributed by atoms with Crippen molar-refractivity contribution in [3.8, 4) is 0 Å². The number of ether oxygens (including phenoxy) is 1. The van der Waals surface area contributed by atoms with Crippen molar-refractivity contribution in [1.29, 1.82) is 0 Å². The van der Waals surface area contributed by atoms with Gasteiger partial charge in [0.05, 0.1) is 13.2 Å². The Hall–Kier alpha value is -1.63. The van der Waals surface area contributed by atoms with Gasteiger partial charge in [-0.25, -0.2) is 4.79 Å². The molecular weight excluding hydrogens is 240 g/mol. The average Bonchev–Trinajstić information content (AvgIpc) is 2.90. The molecule has 1 atom stereocenters. The van der Waals surface area contributed by atoms with Crippen molar-refractivity contribution in [3.05, 3.63) is 0 Å². The Morgan fingerprint density at radius 1 is 1.50 bits per heavy atom. The molecule has 0 saturated carbocycles. The minimum atomic E-state index is -1.33. The van der Waals surface area contributed by atoms with Gasteiger partial charge < -0.3 is 20.1 Å². The lowest BCUT2D eigenvalue weighted by molar-refractivity contribution is -0.148. The van der Waals surface area contributed by atoms with E-state index in [1.54, 1.807) is 0 Å². The summed E-state index contributed by atoms with van der Waals surface area (Å²) in [5, 5.41) is 11.6. The van der Waals surface area contributed by atoms with Crippen LogP contribution in [0, 0.1) is 0 Å². The van der Waals surface area contributed by atoms with E-state index in [9.17, 15) is 14.4 Å². The molecule has 0 aromatic rings. The molecule has 100 valence electrons. The highest BCUT2D eigenvalue weighted by atomic mass is 16.5. The first-order chi connectivity index (χ1) is 8.53. The molecule has 0 spiro atoms. The summed E-state index contributed by atoms with van der Waals surface area (Å²) >= 11 is 0. The number of likely N-dealkylation sites (tertiary alicyclic amines) is 1. The molecule has 2 N–H and O–H groups in total. The Morgan fingerprint density at radius 2 is 2.28 bits per heavy atom. The van der Waals surface area contributed by atoms with Crippen LogP contribution in [0.2, 0.25) is 0 Å². The Morgan fingerprint density at radius 3 is 2.78 bits per heavy atom. The fourth-order valence-electron chi connectivity index (χ4n) is 2.24. The first-order valence-electron chi connectivity index (χ1n) is 5.93. The number of carboxylic acids is 1. The van der Waals surface area contributed by atoms with Crippen molar-refractivity contribution >= 4 is 17.8 Å². The lowest BCUT2D eigenvalue weighted by Crippen LogP contribution is -2.57. The van der Waals surface area contributed by atoms with Crippen molar-refractivity contribution in [3.63, 3.8) is 0 Å². The van der Waals surface area contributed by atoms with Gasteiger partial charge in [0.25, 0.3) is 0 Å². The van der Waals surface area contributed by atoms with E-state index < -0.39 is 17.4 Å². The van der Waals surface area contributed by atoms with Gasteiger partial charge in [0.2, 0.25) is 11.8 Å². The summed E-state index contributed by atoms with van der Waals surface area (Å²) in [5.41, 5.74) is -1.33. The molecule has 2 aliphatic rings. The molecule has 2 heterocycles. The molecular formula is C11H16N2O5. The summed E-state index contributed by atoms with van der Waals surface area (Å²) < 4.78 is 5.04. The van der Waals surface area contributed by atoms with Crippen LogP contribution in [-0.2, 0) is 19.1 Å². The van der Waals surface area contributed by atoms with Gasteiger partial charge in [0.15, 0.2) is 5.54 Å². The zero-order valence-corrected chi connectivity index (χ0v) is 9.98. The lowest BCUT2D eigenvalue weighted by Gasteiger charge is -2.25. The summed E-state index contributed by atoms with van der Waals surface area (Å²) in [4.78, 5) is 35.8. The predicted molar refractivity (Wildman–Crippen MR) is 59.8 cm³/mol. The van der Waals surface area contributed by atoms with Crippen LogP contribution in [0.1, 0.15) is 19.3 Å². The molecule has 2 amide bonds. The van der Waals surface area contributed by atoms with Crippen LogP contribution in [-0.4, -0.2) is 59.6 Å². The maximum absolute atomic E-state index is 11.8. The largest absolute Gasteiger partial charge is 0.479 e. The van der Waals surface area contributed by atoms with Crippen LogP contribution in [0.3, 0.4) is 0 Å². The number of nitrogens with zero attached hydrogens (tertiary/aromatic N) is 1. The van der Waals surface area contributed by atoms with Crippen molar-refractivity contribution < 1.29 is 24.2 Å². The fraction of sp³-hybridized carbons (Fsp3) is 0.727. The molecule has 2 fully saturated rings. The molecule has 2 rings (SSSR count). The standard InChI is InChI=1S/C11H16N2O5/c14-8(6-13-4-1-2-9(13)15)12-11(10(16)17)3-5-18-7-11/h1-7H2,(H,12,14)(H,16,17). The van der Waals surface area contributed by atoms with Gasteiger partial charge >= 0.3 is 5.97 Å². The summed E-state index contributed by atoms with van der Waals surface area (Å²) in [5.74, 6) is -1.60. The van der Waals surface area contributed by atoms with E-state index >= 15 is 0 Å². The molecule has 1 unspecified atom stereocenters. The van der Waals surface area contributed by atoms with Crippen molar-refractivity contribution in [2.75, 3.05) is 26.3 Å². The molecule has 0 radical (unpaired) electrons. The fourth-order valence-corrected chi connectivity index (χ4v) is 2.24. The van der Waals surface area contributed by atoms with Crippen molar-refractivity contribution in [2.45, 2.75) is 24.8 Å². The molecule has 0 bridgehead atoms. The highest BCUT2D eigenvalue weighted by Crippen LogP contribution is 2.19. The van der Waals surface area contributed by atoms with E-state index in [1.807, 2.05) is 0 Å². The van der Waals surface area contributed by atoms with Crippen molar-refractivity contribution in [2.24, 2.45) is 0 Å². The van der Waals surface area contributed by atoms with Crippen LogP contribution in [0.5, 0.6) is 0 Å². The molecule has 0 aromatic carbocycles. The van der Waals surface area contributed by atoms with E-state index in [-0.39, 0.29) is 25.5 Å². The average molecular weight is 256 g/mol. The minimum Gasteiger partial charge on any atom is -0.479 e. The van der Waals surface area contributed by atoms with E-state index in [1.165, 1.54) is 4.90 Å². The van der Waals surface area contributed by atoms with Crippen LogP contribution in [0.15, 0.2) is 0 Å².